The molecule has 21 heteroatoms. The normalized spacial score (nSPS) is 15.7. The van der Waals surface area contributed by atoms with Gasteiger partial charge in [0.15, 0.2) is 0 Å². The van der Waals surface area contributed by atoms with Gasteiger partial charge in [-0.3, -0.25) is 0 Å². The number of nitrogens with zero attached hydrogens (tertiary/aromatic N) is 15. The maximum Gasteiger partial charge on any atom is 0.228 e. The lowest BCUT2D eigenvalue weighted by atomic mass is 10.1. The predicted octanol–water partition coefficient (Wildman–Crippen LogP) is 12.2. The molecule has 12 heterocycles. The second-order valence-corrected chi connectivity index (χ2v) is 23.9. The number of anilines is 9. The molecule has 9 aromatic heterocycles. The van der Waals surface area contributed by atoms with Crippen molar-refractivity contribution < 1.29 is 4.74 Å². The first-order chi connectivity index (χ1) is 42.8. The number of morpholine rings is 1. The Labute approximate surface area is 511 Å². The number of benzene rings is 3. The summed E-state index contributed by atoms with van der Waals surface area (Å²) >= 11 is 0. The molecule has 3 aliphatic rings. The molecule has 7 N–H and O–H groups in total. The van der Waals surface area contributed by atoms with Crippen LogP contribution >= 0.6 is 0 Å². The van der Waals surface area contributed by atoms with E-state index in [1.807, 2.05) is 55.4 Å². The highest BCUT2D eigenvalue weighted by molar-refractivity contribution is 6.05. The zero-order valence-electron chi connectivity index (χ0n) is 50.8. The van der Waals surface area contributed by atoms with Gasteiger partial charge in [-0.05, 0) is 115 Å². The molecule has 12 aromatic rings. The molecule has 21 nitrogen and oxygen atoms in total. The standard InChI is InChI=1S/C23H27N7.C22H25N7.C22H24N6O/c1-15(2)30-12-7-16-3-4-17-13-26-23(28-21(17)22(16)30)27-20-6-5-19(14-25-20)29-10-8-18(24)9-11-29;1-14(2)29-10-7-15-3-4-16-11-25-22(27-20(16)21(15)29)26-19-6-5-18(12-24-19)28-9-8-17(23)13-28;1-15(2)28-8-7-16-3-4-17-13-24-22(26-20(17)21(16)28)25-19-6-5-18(14-23-19)27-9-11-29-12-10-27/h3-7,12-15,18H,8-11,24H2,1-2H3,(H,25,26,27,28);3-7,10-12,14,17H,8-9,13,23H2,1-2H3,(H,24,25,26,27);3-8,13-15H,9-12H2,1-2H3,(H,23,24,25,26). The Morgan fingerprint density at radius 3 is 1.07 bits per heavy atom. The number of piperidine rings is 1. The molecule has 3 saturated heterocycles. The van der Waals surface area contributed by atoms with E-state index in [4.69, 9.17) is 31.2 Å². The fourth-order valence-electron chi connectivity index (χ4n) is 12.0. The van der Waals surface area contributed by atoms with Gasteiger partial charge < -0.3 is 60.6 Å². The number of hydrogen-bond donors (Lipinski definition) is 5. The van der Waals surface area contributed by atoms with Gasteiger partial charge in [-0.1, -0.05) is 36.4 Å². The molecule has 3 aromatic carbocycles. The summed E-state index contributed by atoms with van der Waals surface area (Å²) in [6.45, 7) is 20.2. The molecule has 88 heavy (non-hydrogen) atoms. The Kier molecular flexibility index (Phi) is 16.4. The highest BCUT2D eigenvalue weighted by atomic mass is 16.5. The minimum absolute atomic E-state index is 0.250. The maximum atomic E-state index is 6.01. The van der Waals surface area contributed by atoms with Gasteiger partial charge in [0, 0.05) is 139 Å². The van der Waals surface area contributed by atoms with Gasteiger partial charge in [0.1, 0.15) is 34.0 Å². The number of aromatic nitrogens is 12. The van der Waals surface area contributed by atoms with E-state index in [1.165, 1.54) is 16.2 Å². The summed E-state index contributed by atoms with van der Waals surface area (Å²) in [4.78, 5) is 48.5. The molecule has 0 bridgehead atoms. The van der Waals surface area contributed by atoms with Gasteiger partial charge in [-0.25, -0.2) is 44.9 Å². The fraction of sp³-hybridized carbons (Fsp3) is 0.328. The van der Waals surface area contributed by atoms with Crippen LogP contribution in [0.1, 0.15) is 78.9 Å². The smallest absolute Gasteiger partial charge is 0.228 e. The zero-order valence-corrected chi connectivity index (χ0v) is 50.8. The number of nitrogens with two attached hydrogens (primary N) is 2. The summed E-state index contributed by atoms with van der Waals surface area (Å²) in [5.74, 6) is 3.84. The van der Waals surface area contributed by atoms with Crippen molar-refractivity contribution in [3.63, 3.8) is 0 Å². The number of rotatable bonds is 12. The SMILES string of the molecule is CC(C)n1ccc2ccc3cnc(Nc4ccc(N5CCC(N)C5)cn4)nc3c21.CC(C)n1ccc2ccc3cnc(Nc4ccc(N5CCC(N)CC5)cn4)nc3c21.CC(C)n1ccc2ccc3cnc(Nc4ccc(N5CCOCC5)cn4)nc3c21. The van der Waals surface area contributed by atoms with Crippen LogP contribution in [0.4, 0.5) is 52.4 Å². The lowest BCUT2D eigenvalue weighted by Crippen LogP contribution is -2.39. The quantitative estimate of drug-likeness (QED) is 0.0764. The number of nitrogens with one attached hydrogen (secondary N) is 3. The fourth-order valence-corrected chi connectivity index (χ4v) is 12.0. The van der Waals surface area contributed by atoms with Crippen molar-refractivity contribution in [2.75, 3.05) is 83.1 Å². The van der Waals surface area contributed by atoms with Crippen molar-refractivity contribution in [1.29, 1.82) is 0 Å². The minimum Gasteiger partial charge on any atom is -0.378 e. The molecule has 0 aliphatic carbocycles. The van der Waals surface area contributed by atoms with Gasteiger partial charge in [-0.15, -0.1) is 0 Å². The summed E-state index contributed by atoms with van der Waals surface area (Å²) in [6, 6.07) is 32.8. The molecule has 450 valence electrons. The average Bonchev–Trinajstić information content (AvgIpc) is 1.99. The molecule has 15 rings (SSSR count). The Balaban J connectivity index is 0.000000122. The molecule has 3 aliphatic heterocycles. The van der Waals surface area contributed by atoms with Crippen molar-refractivity contribution in [2.24, 2.45) is 11.5 Å². The monoisotopic (exact) mass is 1180 g/mol. The molecule has 0 saturated carbocycles. The molecule has 0 radical (unpaired) electrons. The van der Waals surface area contributed by atoms with Gasteiger partial charge in [0.2, 0.25) is 17.8 Å². The van der Waals surface area contributed by atoms with Gasteiger partial charge in [0.25, 0.3) is 0 Å². The Morgan fingerprint density at radius 1 is 0.386 bits per heavy atom. The summed E-state index contributed by atoms with van der Waals surface area (Å²) in [5.41, 5.74) is 21.6. The van der Waals surface area contributed by atoms with Crippen molar-refractivity contribution >= 4 is 118 Å². The summed E-state index contributed by atoms with van der Waals surface area (Å²) in [6.07, 6.45) is 20.7. The minimum atomic E-state index is 0.250. The topological polar surface area (TPSA) is 238 Å². The largest absolute Gasteiger partial charge is 0.378 e. The van der Waals surface area contributed by atoms with Crippen molar-refractivity contribution in [3.8, 4) is 0 Å². The van der Waals surface area contributed by atoms with Crippen molar-refractivity contribution in [2.45, 2.75) is 91.0 Å². The third-order valence-corrected chi connectivity index (χ3v) is 16.8. The third kappa shape index (κ3) is 12.2. The van der Waals surface area contributed by atoms with Crippen LogP contribution in [0.2, 0.25) is 0 Å². The van der Waals surface area contributed by atoms with Crippen LogP contribution in [0, 0.1) is 0 Å². The van der Waals surface area contributed by atoms with Gasteiger partial charge in [0.05, 0.1) is 65.4 Å². The Hall–Kier alpha value is -9.57. The molecule has 0 amide bonds. The van der Waals surface area contributed by atoms with E-state index >= 15 is 0 Å². The van der Waals surface area contributed by atoms with Crippen LogP contribution in [0.15, 0.2) is 147 Å². The van der Waals surface area contributed by atoms with E-state index < -0.39 is 0 Å². The summed E-state index contributed by atoms with van der Waals surface area (Å²) in [7, 11) is 0. The summed E-state index contributed by atoms with van der Waals surface area (Å²) < 4.78 is 12.2. The van der Waals surface area contributed by atoms with Crippen LogP contribution < -0.4 is 42.1 Å². The van der Waals surface area contributed by atoms with Crippen LogP contribution in [-0.4, -0.2) is 123 Å². The Morgan fingerprint density at radius 2 is 0.727 bits per heavy atom. The van der Waals surface area contributed by atoms with E-state index in [0.717, 1.165) is 156 Å². The highest BCUT2D eigenvalue weighted by Gasteiger charge is 2.21. The van der Waals surface area contributed by atoms with E-state index in [-0.39, 0.29) is 6.04 Å². The number of fused-ring (bicyclic) bond motifs is 9. The predicted molar refractivity (Wildman–Crippen MR) is 356 cm³/mol. The molecular formula is C67H76N20O. The third-order valence-electron chi connectivity index (χ3n) is 16.8. The highest BCUT2D eigenvalue weighted by Crippen LogP contribution is 2.33. The number of pyridine rings is 3. The van der Waals surface area contributed by atoms with E-state index in [9.17, 15) is 0 Å². The average molecular weight is 1180 g/mol. The van der Waals surface area contributed by atoms with Gasteiger partial charge in [-0.2, -0.15) is 0 Å². The number of ether oxygens (including phenoxy) is 1. The zero-order chi connectivity index (χ0) is 60.4. The molecule has 1 atom stereocenters. The lowest BCUT2D eigenvalue weighted by Gasteiger charge is -2.31. The molecule has 1 unspecified atom stereocenters. The number of hydrogen-bond acceptors (Lipinski definition) is 18. The van der Waals surface area contributed by atoms with Crippen molar-refractivity contribution in [1.82, 2.24) is 58.6 Å². The second-order valence-electron chi connectivity index (χ2n) is 23.9. The molecular weight excluding hydrogens is 1100 g/mol. The Bertz CT molecular complexity index is 4200. The molecule has 3 fully saturated rings. The first kappa shape index (κ1) is 57.5. The van der Waals surface area contributed by atoms with Crippen molar-refractivity contribution in [3.05, 3.63) is 147 Å². The van der Waals surface area contributed by atoms with Crippen LogP contribution in [0.5, 0.6) is 0 Å². The van der Waals surface area contributed by atoms with E-state index in [2.05, 4.69) is 207 Å². The van der Waals surface area contributed by atoms with E-state index in [1.54, 1.807) is 0 Å². The van der Waals surface area contributed by atoms with E-state index in [0.29, 0.717) is 42.0 Å². The van der Waals surface area contributed by atoms with Gasteiger partial charge >= 0.3 is 0 Å². The van der Waals surface area contributed by atoms with Crippen LogP contribution in [0.25, 0.3) is 65.4 Å². The second kappa shape index (κ2) is 25.0. The first-order valence-electron chi connectivity index (χ1n) is 30.7. The first-order valence-corrected chi connectivity index (χ1v) is 30.7. The summed E-state index contributed by atoms with van der Waals surface area (Å²) in [5, 5.41) is 16.4. The van der Waals surface area contributed by atoms with Crippen LogP contribution in [-0.2, 0) is 4.74 Å². The lowest BCUT2D eigenvalue weighted by molar-refractivity contribution is 0.122. The van der Waals surface area contributed by atoms with Crippen LogP contribution in [0.3, 0.4) is 0 Å². The molecule has 0 spiro atoms. The maximum absolute atomic E-state index is 6.01.